The van der Waals surface area contributed by atoms with Crippen molar-refractivity contribution in [1.82, 2.24) is 5.32 Å². The van der Waals surface area contributed by atoms with E-state index in [1.807, 2.05) is 0 Å². The molecule has 0 saturated heterocycles. The molecular weight excluding hydrogens is 202 g/mol. The van der Waals surface area contributed by atoms with Crippen LogP contribution in [0.1, 0.15) is 45.4 Å². The van der Waals surface area contributed by atoms with E-state index in [0.29, 0.717) is 0 Å². The lowest BCUT2D eigenvalue weighted by Crippen LogP contribution is -2.27. The van der Waals surface area contributed by atoms with Crippen LogP contribution in [0.2, 0.25) is 0 Å². The molecule has 0 spiro atoms. The molecule has 0 aliphatic heterocycles. The van der Waals surface area contributed by atoms with Crippen molar-refractivity contribution >= 4 is 0 Å². The molecule has 0 radical (unpaired) electrons. The quantitative estimate of drug-likeness (QED) is 0.583. The van der Waals surface area contributed by atoms with Gasteiger partial charge in [-0.15, -0.1) is 0 Å². The Bertz CT molecular complexity index is 147. The van der Waals surface area contributed by atoms with Crippen LogP contribution in [0.15, 0.2) is 0 Å². The van der Waals surface area contributed by atoms with Crippen LogP contribution in [-0.4, -0.2) is 39.0 Å². The zero-order valence-electron chi connectivity index (χ0n) is 10.7. The SMILES string of the molecule is CCCOCCOCCCNC1CCCC1. The van der Waals surface area contributed by atoms with Gasteiger partial charge in [0.25, 0.3) is 0 Å². The van der Waals surface area contributed by atoms with Gasteiger partial charge in [0.2, 0.25) is 0 Å². The number of nitrogens with one attached hydrogen (secondary N) is 1. The minimum absolute atomic E-state index is 0.740. The topological polar surface area (TPSA) is 30.5 Å². The van der Waals surface area contributed by atoms with Crippen molar-refractivity contribution in [3.05, 3.63) is 0 Å². The smallest absolute Gasteiger partial charge is 0.0700 e. The Balaban J connectivity index is 1.71. The molecule has 1 rings (SSSR count). The molecule has 96 valence electrons. The molecule has 16 heavy (non-hydrogen) atoms. The van der Waals surface area contributed by atoms with Crippen molar-refractivity contribution in [3.8, 4) is 0 Å². The summed E-state index contributed by atoms with van der Waals surface area (Å²) in [7, 11) is 0. The van der Waals surface area contributed by atoms with Crippen LogP contribution in [0.3, 0.4) is 0 Å². The van der Waals surface area contributed by atoms with Crippen molar-refractivity contribution in [2.45, 2.75) is 51.5 Å². The van der Waals surface area contributed by atoms with E-state index in [1.54, 1.807) is 0 Å². The summed E-state index contributed by atoms with van der Waals surface area (Å²) in [5.41, 5.74) is 0. The fourth-order valence-electron chi connectivity index (χ4n) is 2.08. The summed E-state index contributed by atoms with van der Waals surface area (Å²) in [6, 6.07) is 0.785. The molecule has 0 heterocycles. The molecule has 1 aliphatic rings. The van der Waals surface area contributed by atoms with E-state index in [2.05, 4.69) is 12.2 Å². The lowest BCUT2D eigenvalue weighted by Gasteiger charge is -2.11. The van der Waals surface area contributed by atoms with Crippen LogP contribution in [0.4, 0.5) is 0 Å². The zero-order valence-corrected chi connectivity index (χ0v) is 10.7. The minimum atomic E-state index is 0.740. The zero-order chi connectivity index (χ0) is 11.5. The van der Waals surface area contributed by atoms with Crippen LogP contribution >= 0.6 is 0 Å². The number of hydrogen-bond acceptors (Lipinski definition) is 3. The Hall–Kier alpha value is -0.120. The molecule has 0 atom stereocenters. The fraction of sp³-hybridized carbons (Fsp3) is 1.00. The molecule has 1 saturated carbocycles. The summed E-state index contributed by atoms with van der Waals surface area (Å²) in [5, 5.41) is 3.58. The summed E-state index contributed by atoms with van der Waals surface area (Å²) in [6.45, 7) is 6.41. The highest BCUT2D eigenvalue weighted by Gasteiger charge is 2.12. The second kappa shape index (κ2) is 10.1. The molecule has 1 N–H and O–H groups in total. The molecule has 1 fully saturated rings. The molecule has 0 aromatic heterocycles. The molecule has 0 unspecified atom stereocenters. The molecule has 3 heteroatoms. The predicted molar refractivity (Wildman–Crippen MR) is 66.8 cm³/mol. The Labute approximate surface area is 99.9 Å². The summed E-state index contributed by atoms with van der Waals surface area (Å²) < 4.78 is 10.8. The van der Waals surface area contributed by atoms with Gasteiger partial charge in [-0.3, -0.25) is 0 Å². The first-order valence-electron chi connectivity index (χ1n) is 6.82. The van der Waals surface area contributed by atoms with E-state index < -0.39 is 0 Å². The highest BCUT2D eigenvalue weighted by molar-refractivity contribution is 4.72. The minimum Gasteiger partial charge on any atom is -0.379 e. The maximum Gasteiger partial charge on any atom is 0.0700 e. The van der Waals surface area contributed by atoms with Gasteiger partial charge in [-0.05, 0) is 32.2 Å². The molecule has 0 aromatic rings. The molecule has 0 bridgehead atoms. The van der Waals surface area contributed by atoms with Crippen molar-refractivity contribution in [2.24, 2.45) is 0 Å². The van der Waals surface area contributed by atoms with Crippen LogP contribution in [-0.2, 0) is 9.47 Å². The van der Waals surface area contributed by atoms with Gasteiger partial charge >= 0.3 is 0 Å². The van der Waals surface area contributed by atoms with Crippen LogP contribution in [0.25, 0.3) is 0 Å². The largest absolute Gasteiger partial charge is 0.379 e. The van der Waals surface area contributed by atoms with E-state index >= 15 is 0 Å². The van der Waals surface area contributed by atoms with Gasteiger partial charge in [-0.25, -0.2) is 0 Å². The highest BCUT2D eigenvalue weighted by Crippen LogP contribution is 2.17. The summed E-state index contributed by atoms with van der Waals surface area (Å²) in [5.74, 6) is 0. The first kappa shape index (κ1) is 13.9. The van der Waals surface area contributed by atoms with Gasteiger partial charge in [0, 0.05) is 19.3 Å². The van der Waals surface area contributed by atoms with Gasteiger partial charge in [-0.1, -0.05) is 19.8 Å². The third-order valence-electron chi connectivity index (χ3n) is 2.97. The lowest BCUT2D eigenvalue weighted by molar-refractivity contribution is 0.0470. The standard InChI is InChI=1S/C13H27NO2/c1-2-9-15-11-12-16-10-5-8-14-13-6-3-4-7-13/h13-14H,2-12H2,1H3. The fourth-order valence-corrected chi connectivity index (χ4v) is 2.08. The van der Waals surface area contributed by atoms with Crippen molar-refractivity contribution in [3.63, 3.8) is 0 Å². The second-order valence-corrected chi connectivity index (χ2v) is 4.51. The normalized spacial score (nSPS) is 17.1. The van der Waals surface area contributed by atoms with Crippen LogP contribution < -0.4 is 5.32 Å². The molecule has 0 amide bonds. The Kier molecular flexibility index (Phi) is 8.77. The van der Waals surface area contributed by atoms with E-state index in [0.717, 1.165) is 51.9 Å². The van der Waals surface area contributed by atoms with Gasteiger partial charge < -0.3 is 14.8 Å². The van der Waals surface area contributed by atoms with Crippen molar-refractivity contribution in [2.75, 3.05) is 33.0 Å². The first-order valence-corrected chi connectivity index (χ1v) is 6.82. The van der Waals surface area contributed by atoms with Gasteiger partial charge in [0.05, 0.1) is 13.2 Å². The van der Waals surface area contributed by atoms with E-state index in [4.69, 9.17) is 9.47 Å². The van der Waals surface area contributed by atoms with Gasteiger partial charge in [0.15, 0.2) is 0 Å². The van der Waals surface area contributed by atoms with E-state index in [-0.39, 0.29) is 0 Å². The van der Waals surface area contributed by atoms with E-state index in [1.165, 1.54) is 25.7 Å². The summed E-state index contributed by atoms with van der Waals surface area (Å²) in [4.78, 5) is 0. The van der Waals surface area contributed by atoms with Gasteiger partial charge in [-0.2, -0.15) is 0 Å². The molecule has 3 nitrogen and oxygen atoms in total. The predicted octanol–water partition coefficient (Wildman–Crippen LogP) is 2.35. The Morgan fingerprint density at radius 1 is 1.00 bits per heavy atom. The molecule has 1 aliphatic carbocycles. The third kappa shape index (κ3) is 7.20. The summed E-state index contributed by atoms with van der Waals surface area (Å²) in [6.07, 6.45) is 7.75. The third-order valence-corrected chi connectivity index (χ3v) is 2.97. The second-order valence-electron chi connectivity index (χ2n) is 4.51. The van der Waals surface area contributed by atoms with Crippen molar-refractivity contribution < 1.29 is 9.47 Å². The average molecular weight is 229 g/mol. The first-order chi connectivity index (χ1) is 7.93. The number of ether oxygens (including phenoxy) is 2. The summed E-state index contributed by atoms with van der Waals surface area (Å²) >= 11 is 0. The molecule has 0 aromatic carbocycles. The maximum absolute atomic E-state index is 5.48. The van der Waals surface area contributed by atoms with Crippen molar-refractivity contribution in [1.29, 1.82) is 0 Å². The van der Waals surface area contributed by atoms with Crippen LogP contribution in [0, 0.1) is 0 Å². The molecular formula is C13H27NO2. The average Bonchev–Trinajstić information content (AvgIpc) is 2.80. The van der Waals surface area contributed by atoms with Crippen LogP contribution in [0.5, 0.6) is 0 Å². The Morgan fingerprint density at radius 3 is 2.38 bits per heavy atom. The lowest BCUT2D eigenvalue weighted by atomic mass is 10.2. The van der Waals surface area contributed by atoms with Gasteiger partial charge in [0.1, 0.15) is 0 Å². The monoisotopic (exact) mass is 229 g/mol. The Morgan fingerprint density at radius 2 is 1.69 bits per heavy atom. The van der Waals surface area contributed by atoms with E-state index in [9.17, 15) is 0 Å². The number of hydrogen-bond donors (Lipinski definition) is 1. The highest BCUT2D eigenvalue weighted by atomic mass is 16.5. The number of rotatable bonds is 10. The maximum atomic E-state index is 5.48.